The first-order chi connectivity index (χ1) is 11.2. The molecule has 120 valence electrons. The number of hydrogen-bond donors (Lipinski definition) is 1. The predicted molar refractivity (Wildman–Crippen MR) is 84.6 cm³/mol. The highest BCUT2D eigenvalue weighted by Gasteiger charge is 2.12. The van der Waals surface area contributed by atoms with Crippen LogP contribution in [-0.4, -0.2) is 28.9 Å². The average Bonchev–Trinajstić information content (AvgIpc) is 2.97. The van der Waals surface area contributed by atoms with E-state index in [-0.39, 0.29) is 12.5 Å². The molecular weight excluding hydrogens is 296 g/mol. The molecule has 0 fully saturated rings. The van der Waals surface area contributed by atoms with Gasteiger partial charge in [-0.05, 0) is 32.0 Å². The highest BCUT2D eigenvalue weighted by Crippen LogP contribution is 2.28. The number of nitrogens with one attached hydrogen (secondary N) is 1. The van der Waals surface area contributed by atoms with Crippen LogP contribution >= 0.6 is 0 Å². The Bertz CT molecular complexity index is 718. The van der Waals surface area contributed by atoms with Gasteiger partial charge < -0.3 is 14.8 Å². The van der Waals surface area contributed by atoms with Crippen molar-refractivity contribution in [3.63, 3.8) is 0 Å². The first kappa shape index (κ1) is 16.4. The molecule has 0 saturated heterocycles. The first-order valence-electron chi connectivity index (χ1n) is 7.29. The third-order valence-electron chi connectivity index (χ3n) is 2.92. The van der Waals surface area contributed by atoms with Crippen molar-refractivity contribution in [2.75, 3.05) is 18.5 Å². The van der Waals surface area contributed by atoms with Crippen molar-refractivity contribution in [1.29, 1.82) is 5.26 Å². The highest BCUT2D eigenvalue weighted by atomic mass is 16.5. The van der Waals surface area contributed by atoms with Crippen LogP contribution < -0.4 is 14.8 Å². The van der Waals surface area contributed by atoms with Crippen LogP contribution in [0.2, 0.25) is 0 Å². The van der Waals surface area contributed by atoms with Crippen LogP contribution in [0.25, 0.3) is 0 Å². The van der Waals surface area contributed by atoms with Crippen molar-refractivity contribution in [2.45, 2.75) is 20.4 Å². The van der Waals surface area contributed by atoms with Crippen molar-refractivity contribution in [1.82, 2.24) is 9.78 Å². The molecule has 2 rings (SSSR count). The molecule has 23 heavy (non-hydrogen) atoms. The summed E-state index contributed by atoms with van der Waals surface area (Å²) in [5, 5.41) is 15.4. The molecule has 1 N–H and O–H groups in total. The second-order valence-electron chi connectivity index (χ2n) is 4.54. The van der Waals surface area contributed by atoms with Gasteiger partial charge in [0.05, 0.1) is 19.3 Å². The number of hydrogen-bond acceptors (Lipinski definition) is 5. The number of anilines is 1. The Labute approximate surface area is 134 Å². The van der Waals surface area contributed by atoms with Crippen LogP contribution in [0.3, 0.4) is 0 Å². The van der Waals surface area contributed by atoms with Crippen LogP contribution in [0.4, 0.5) is 5.82 Å². The molecule has 1 amide bonds. The van der Waals surface area contributed by atoms with Gasteiger partial charge in [-0.1, -0.05) is 0 Å². The van der Waals surface area contributed by atoms with Crippen LogP contribution in [0.1, 0.15) is 24.2 Å². The first-order valence-corrected chi connectivity index (χ1v) is 7.29. The number of amides is 1. The second kappa shape index (κ2) is 7.84. The van der Waals surface area contributed by atoms with Crippen molar-refractivity contribution >= 4 is 11.7 Å². The lowest BCUT2D eigenvalue weighted by Crippen LogP contribution is -2.13. The van der Waals surface area contributed by atoms with Crippen LogP contribution in [0.5, 0.6) is 11.5 Å². The molecule has 0 aliphatic rings. The van der Waals surface area contributed by atoms with Gasteiger partial charge in [-0.25, -0.2) is 0 Å². The summed E-state index contributed by atoms with van der Waals surface area (Å²) >= 11 is 0. The molecule has 0 bridgehead atoms. The van der Waals surface area contributed by atoms with Crippen LogP contribution in [0.15, 0.2) is 30.5 Å². The SMILES string of the molecule is CCOc1ccc(C(=O)Nc2ccn(CC#N)n2)cc1OCC. The van der Waals surface area contributed by atoms with E-state index in [0.29, 0.717) is 36.1 Å². The fourth-order valence-electron chi connectivity index (χ4n) is 1.97. The number of carbonyl (C=O) groups is 1. The molecule has 7 nitrogen and oxygen atoms in total. The van der Waals surface area contributed by atoms with Crippen LogP contribution in [-0.2, 0) is 6.54 Å². The maximum Gasteiger partial charge on any atom is 0.257 e. The van der Waals surface area contributed by atoms with E-state index in [1.807, 2.05) is 19.9 Å². The zero-order valence-corrected chi connectivity index (χ0v) is 13.1. The standard InChI is InChI=1S/C16H18N4O3/c1-3-22-13-6-5-12(11-14(13)23-4-2)16(21)18-15-7-9-20(19-15)10-8-17/h5-7,9,11H,3-4,10H2,1-2H3,(H,18,19,21). The monoisotopic (exact) mass is 314 g/mol. The Morgan fingerprint density at radius 2 is 2.00 bits per heavy atom. The Morgan fingerprint density at radius 3 is 2.70 bits per heavy atom. The minimum Gasteiger partial charge on any atom is -0.490 e. The molecule has 0 spiro atoms. The molecular formula is C16H18N4O3. The molecule has 1 aromatic heterocycles. The minimum atomic E-state index is -0.309. The number of ether oxygens (including phenoxy) is 2. The Hall–Kier alpha value is -3.01. The quantitative estimate of drug-likeness (QED) is 0.848. The third kappa shape index (κ3) is 4.23. The summed E-state index contributed by atoms with van der Waals surface area (Å²) < 4.78 is 12.4. The smallest absolute Gasteiger partial charge is 0.257 e. The van der Waals surface area contributed by atoms with Gasteiger partial charge in [0.2, 0.25) is 0 Å². The second-order valence-corrected chi connectivity index (χ2v) is 4.54. The Kier molecular flexibility index (Phi) is 5.58. The van der Waals surface area contributed by atoms with E-state index in [0.717, 1.165) is 0 Å². The molecule has 0 atom stereocenters. The molecule has 2 aromatic rings. The molecule has 0 aliphatic heterocycles. The van der Waals surface area contributed by atoms with Gasteiger partial charge in [-0.3, -0.25) is 9.48 Å². The summed E-state index contributed by atoms with van der Waals surface area (Å²) in [7, 11) is 0. The minimum absolute atomic E-state index is 0.132. The summed E-state index contributed by atoms with van der Waals surface area (Å²) in [5.74, 6) is 1.20. The van der Waals surface area contributed by atoms with Gasteiger partial charge in [0, 0.05) is 17.8 Å². The fourth-order valence-corrected chi connectivity index (χ4v) is 1.97. The maximum absolute atomic E-state index is 12.3. The third-order valence-corrected chi connectivity index (χ3v) is 2.92. The average molecular weight is 314 g/mol. The van der Waals surface area contributed by atoms with E-state index in [2.05, 4.69) is 10.4 Å². The van der Waals surface area contributed by atoms with E-state index in [1.165, 1.54) is 4.68 Å². The normalized spacial score (nSPS) is 9.96. The lowest BCUT2D eigenvalue weighted by atomic mass is 10.2. The topological polar surface area (TPSA) is 89.2 Å². The summed E-state index contributed by atoms with van der Waals surface area (Å²) in [5.41, 5.74) is 0.437. The zero-order chi connectivity index (χ0) is 16.7. The number of rotatable bonds is 7. The number of aromatic nitrogens is 2. The summed E-state index contributed by atoms with van der Waals surface area (Å²) in [6.07, 6.45) is 1.63. The predicted octanol–water partition coefficient (Wildman–Crippen LogP) is 2.46. The number of nitriles is 1. The van der Waals surface area contributed by atoms with Gasteiger partial charge in [-0.2, -0.15) is 10.4 Å². The van der Waals surface area contributed by atoms with Gasteiger partial charge in [0.15, 0.2) is 17.3 Å². The molecule has 0 radical (unpaired) electrons. The van der Waals surface area contributed by atoms with E-state index in [4.69, 9.17) is 14.7 Å². The number of benzene rings is 1. The summed E-state index contributed by atoms with van der Waals surface area (Å²) in [4.78, 5) is 12.3. The largest absolute Gasteiger partial charge is 0.490 e. The van der Waals surface area contributed by atoms with E-state index < -0.39 is 0 Å². The molecule has 7 heteroatoms. The van der Waals surface area contributed by atoms with E-state index >= 15 is 0 Å². The van der Waals surface area contributed by atoms with Crippen molar-refractivity contribution < 1.29 is 14.3 Å². The van der Waals surface area contributed by atoms with Crippen LogP contribution in [0, 0.1) is 11.3 Å². The summed E-state index contributed by atoms with van der Waals surface area (Å²) in [6.45, 7) is 4.87. The van der Waals surface area contributed by atoms with E-state index in [1.54, 1.807) is 30.5 Å². The highest BCUT2D eigenvalue weighted by molar-refractivity contribution is 6.04. The van der Waals surface area contributed by atoms with Gasteiger partial charge in [0.1, 0.15) is 6.54 Å². The van der Waals surface area contributed by atoms with E-state index in [9.17, 15) is 4.79 Å². The zero-order valence-electron chi connectivity index (χ0n) is 13.1. The fraction of sp³-hybridized carbons (Fsp3) is 0.312. The van der Waals surface area contributed by atoms with Crippen molar-refractivity contribution in [3.05, 3.63) is 36.0 Å². The lowest BCUT2D eigenvalue weighted by molar-refractivity contribution is 0.102. The molecule has 0 saturated carbocycles. The van der Waals surface area contributed by atoms with Gasteiger partial charge in [0.25, 0.3) is 5.91 Å². The maximum atomic E-state index is 12.3. The van der Waals surface area contributed by atoms with Crippen molar-refractivity contribution in [3.8, 4) is 17.6 Å². The van der Waals surface area contributed by atoms with Gasteiger partial charge >= 0.3 is 0 Å². The van der Waals surface area contributed by atoms with Crippen molar-refractivity contribution in [2.24, 2.45) is 0 Å². The number of nitrogens with zero attached hydrogens (tertiary/aromatic N) is 3. The molecule has 0 aliphatic carbocycles. The summed E-state index contributed by atoms with van der Waals surface area (Å²) in [6, 6.07) is 8.61. The lowest BCUT2D eigenvalue weighted by Gasteiger charge is -2.12. The molecule has 1 heterocycles. The Morgan fingerprint density at radius 1 is 1.26 bits per heavy atom. The molecule has 0 unspecified atom stereocenters. The number of carbonyl (C=O) groups excluding carboxylic acids is 1. The Balaban J connectivity index is 2.14. The van der Waals surface area contributed by atoms with Gasteiger partial charge in [-0.15, -0.1) is 0 Å². The molecule has 1 aromatic carbocycles.